The van der Waals surface area contributed by atoms with Gasteiger partial charge in [-0.1, -0.05) is 24.3 Å². The average molecular weight is 306 g/mol. The van der Waals surface area contributed by atoms with Crippen LogP contribution in [0.4, 0.5) is 0 Å². The molecule has 0 spiro atoms. The second-order valence-corrected chi connectivity index (χ2v) is 9.02. The molecule has 0 fully saturated rings. The van der Waals surface area contributed by atoms with E-state index in [1.165, 1.54) is 7.05 Å². The van der Waals surface area contributed by atoms with E-state index >= 15 is 0 Å². The summed E-state index contributed by atoms with van der Waals surface area (Å²) in [5.41, 5.74) is 7.17. The molecule has 0 aliphatic heterocycles. The summed E-state index contributed by atoms with van der Waals surface area (Å²) in [5.74, 6) is 0. The van der Waals surface area contributed by atoms with Crippen LogP contribution in [0.1, 0.15) is 11.1 Å². The Morgan fingerprint density at radius 2 is 1.74 bits per heavy atom. The molecule has 0 amide bonds. The molecule has 0 heterocycles. The van der Waals surface area contributed by atoms with Crippen LogP contribution in [0.3, 0.4) is 0 Å². The van der Waals surface area contributed by atoms with E-state index in [1.807, 2.05) is 6.07 Å². The normalized spacial score (nSPS) is 12.8. The van der Waals surface area contributed by atoms with Gasteiger partial charge in [-0.25, -0.2) is 16.8 Å². The number of sulfonamides is 1. The minimum atomic E-state index is -3.82. The molecule has 0 aliphatic rings. The van der Waals surface area contributed by atoms with Crippen molar-refractivity contribution in [1.82, 2.24) is 4.31 Å². The monoisotopic (exact) mass is 306 g/mol. The standard InChI is InChI=1S/C11H18N2O4S2/c1-13(19(16,17)9-18(2,14)15)8-11-5-3-4-10(6-11)7-12/h3-6H,7-9,12H2,1-2H3. The second kappa shape index (κ2) is 6.00. The lowest BCUT2D eigenvalue weighted by Crippen LogP contribution is -2.31. The lowest BCUT2D eigenvalue weighted by atomic mass is 10.1. The van der Waals surface area contributed by atoms with Gasteiger partial charge in [0, 0.05) is 26.4 Å². The molecule has 0 radical (unpaired) electrons. The molecule has 108 valence electrons. The summed E-state index contributed by atoms with van der Waals surface area (Å²) in [4.78, 5) is 0. The quantitative estimate of drug-likeness (QED) is 0.792. The molecule has 8 heteroatoms. The molecule has 0 aliphatic carbocycles. The van der Waals surface area contributed by atoms with Crippen molar-refractivity contribution in [1.29, 1.82) is 0 Å². The third-order valence-electron chi connectivity index (χ3n) is 2.47. The summed E-state index contributed by atoms with van der Waals surface area (Å²) in [5, 5.41) is -0.882. The molecule has 0 bridgehead atoms. The van der Waals surface area contributed by atoms with Crippen molar-refractivity contribution in [3.63, 3.8) is 0 Å². The average Bonchev–Trinajstić information content (AvgIpc) is 2.26. The highest BCUT2D eigenvalue weighted by molar-refractivity contribution is 8.06. The van der Waals surface area contributed by atoms with Crippen LogP contribution >= 0.6 is 0 Å². The number of nitrogens with zero attached hydrogens (tertiary/aromatic N) is 1. The van der Waals surface area contributed by atoms with Gasteiger partial charge in [0.05, 0.1) is 0 Å². The summed E-state index contributed by atoms with van der Waals surface area (Å²) < 4.78 is 46.8. The number of sulfone groups is 1. The summed E-state index contributed by atoms with van der Waals surface area (Å²) in [6.45, 7) is 0.485. The van der Waals surface area contributed by atoms with Crippen LogP contribution in [0.25, 0.3) is 0 Å². The lowest BCUT2D eigenvalue weighted by molar-refractivity contribution is 0.470. The zero-order chi connectivity index (χ0) is 14.7. The Bertz CT molecular complexity index is 638. The third kappa shape index (κ3) is 5.27. The fraction of sp³-hybridized carbons (Fsp3) is 0.455. The second-order valence-electron chi connectivity index (χ2n) is 4.44. The van der Waals surface area contributed by atoms with Gasteiger partial charge in [0.15, 0.2) is 14.9 Å². The topological polar surface area (TPSA) is 97.5 Å². The van der Waals surface area contributed by atoms with Crippen molar-refractivity contribution in [2.75, 3.05) is 18.4 Å². The van der Waals surface area contributed by atoms with Gasteiger partial charge >= 0.3 is 0 Å². The van der Waals surface area contributed by atoms with E-state index in [1.54, 1.807) is 18.2 Å². The summed E-state index contributed by atoms with van der Waals surface area (Å²) >= 11 is 0. The molecule has 0 saturated heterocycles. The molecule has 0 atom stereocenters. The lowest BCUT2D eigenvalue weighted by Gasteiger charge is -2.17. The molecule has 1 aromatic carbocycles. The molecule has 2 N–H and O–H groups in total. The molecule has 19 heavy (non-hydrogen) atoms. The van der Waals surface area contributed by atoms with E-state index in [0.29, 0.717) is 6.54 Å². The first-order valence-electron chi connectivity index (χ1n) is 5.54. The minimum absolute atomic E-state index is 0.117. The largest absolute Gasteiger partial charge is 0.326 e. The van der Waals surface area contributed by atoms with E-state index in [-0.39, 0.29) is 6.54 Å². The Labute approximate surface area is 114 Å². The highest BCUT2D eigenvalue weighted by Gasteiger charge is 2.23. The van der Waals surface area contributed by atoms with E-state index in [2.05, 4.69) is 0 Å². The highest BCUT2D eigenvalue weighted by Crippen LogP contribution is 2.11. The van der Waals surface area contributed by atoms with Crippen LogP contribution in [0.5, 0.6) is 0 Å². The maximum absolute atomic E-state index is 11.8. The van der Waals surface area contributed by atoms with Crippen molar-refractivity contribution in [2.24, 2.45) is 5.73 Å². The molecular formula is C11H18N2O4S2. The number of benzene rings is 1. The zero-order valence-electron chi connectivity index (χ0n) is 10.9. The zero-order valence-corrected chi connectivity index (χ0v) is 12.5. The Hall–Kier alpha value is -0.960. The molecule has 0 saturated carbocycles. The SMILES string of the molecule is CN(Cc1cccc(CN)c1)S(=O)(=O)CS(C)(=O)=O. The van der Waals surface area contributed by atoms with Crippen LogP contribution in [-0.4, -0.2) is 39.5 Å². The van der Waals surface area contributed by atoms with Gasteiger partial charge in [0.2, 0.25) is 10.0 Å². The van der Waals surface area contributed by atoms with Gasteiger partial charge in [0.25, 0.3) is 0 Å². The van der Waals surface area contributed by atoms with Gasteiger partial charge in [-0.15, -0.1) is 0 Å². The highest BCUT2D eigenvalue weighted by atomic mass is 32.3. The van der Waals surface area contributed by atoms with Crippen molar-refractivity contribution >= 4 is 19.9 Å². The first-order valence-corrected chi connectivity index (χ1v) is 9.20. The molecule has 6 nitrogen and oxygen atoms in total. The molecular weight excluding hydrogens is 288 g/mol. The fourth-order valence-electron chi connectivity index (χ4n) is 1.57. The van der Waals surface area contributed by atoms with Gasteiger partial charge in [0.1, 0.15) is 0 Å². The van der Waals surface area contributed by atoms with Crippen LogP contribution in [-0.2, 0) is 33.0 Å². The van der Waals surface area contributed by atoms with E-state index in [4.69, 9.17) is 5.73 Å². The number of rotatable bonds is 6. The summed E-state index contributed by atoms with van der Waals surface area (Å²) in [7, 11) is -6.05. The predicted octanol–water partition coefficient (Wildman–Crippen LogP) is -0.0910. The van der Waals surface area contributed by atoms with E-state index in [0.717, 1.165) is 21.7 Å². The van der Waals surface area contributed by atoms with Gasteiger partial charge in [-0.3, -0.25) is 0 Å². The fourth-order valence-corrected chi connectivity index (χ4v) is 4.80. The minimum Gasteiger partial charge on any atom is -0.326 e. The molecule has 0 aromatic heterocycles. The molecule has 1 rings (SSSR count). The van der Waals surface area contributed by atoms with Crippen LogP contribution in [0, 0.1) is 0 Å². The van der Waals surface area contributed by atoms with Crippen molar-refractivity contribution in [3.8, 4) is 0 Å². The Morgan fingerprint density at radius 3 is 2.26 bits per heavy atom. The van der Waals surface area contributed by atoms with E-state index in [9.17, 15) is 16.8 Å². The smallest absolute Gasteiger partial charge is 0.228 e. The molecule has 1 aromatic rings. The number of hydrogen-bond donors (Lipinski definition) is 1. The maximum atomic E-state index is 11.8. The van der Waals surface area contributed by atoms with Gasteiger partial charge in [-0.2, -0.15) is 4.31 Å². The number of nitrogens with two attached hydrogens (primary N) is 1. The maximum Gasteiger partial charge on any atom is 0.228 e. The van der Waals surface area contributed by atoms with Gasteiger partial charge in [-0.05, 0) is 11.1 Å². The summed E-state index contributed by atoms with van der Waals surface area (Å²) in [6.07, 6.45) is 0.896. The van der Waals surface area contributed by atoms with Crippen LogP contribution < -0.4 is 5.73 Å². The van der Waals surface area contributed by atoms with Crippen molar-refractivity contribution < 1.29 is 16.8 Å². The van der Waals surface area contributed by atoms with Crippen LogP contribution in [0.15, 0.2) is 24.3 Å². The first kappa shape index (κ1) is 16.1. The Kier molecular flexibility index (Phi) is 5.08. The first-order chi connectivity index (χ1) is 8.64. The third-order valence-corrected chi connectivity index (χ3v) is 6.45. The van der Waals surface area contributed by atoms with Crippen molar-refractivity contribution in [2.45, 2.75) is 13.1 Å². The molecule has 0 unspecified atom stereocenters. The predicted molar refractivity (Wildman–Crippen MR) is 74.4 cm³/mol. The van der Waals surface area contributed by atoms with Crippen LogP contribution in [0.2, 0.25) is 0 Å². The number of hydrogen-bond acceptors (Lipinski definition) is 5. The van der Waals surface area contributed by atoms with E-state index < -0.39 is 24.9 Å². The Balaban J connectivity index is 2.87. The summed E-state index contributed by atoms with van der Waals surface area (Å²) in [6, 6.07) is 7.20. The van der Waals surface area contributed by atoms with Crippen molar-refractivity contribution in [3.05, 3.63) is 35.4 Å². The Morgan fingerprint density at radius 1 is 1.16 bits per heavy atom. The van der Waals surface area contributed by atoms with Gasteiger partial charge < -0.3 is 5.73 Å².